The van der Waals surface area contributed by atoms with Crippen molar-refractivity contribution in [1.29, 1.82) is 0 Å². The van der Waals surface area contributed by atoms with E-state index in [0.717, 1.165) is 27.6 Å². The third-order valence-corrected chi connectivity index (χ3v) is 5.73. The summed E-state index contributed by atoms with van der Waals surface area (Å²) < 4.78 is 18.4. The SMILES string of the molecule is COc1cccc(C=c2sc3n(c2=O)CN(c2ccc4c(c2)OCO4)CN=3)c1. The molecule has 0 saturated carbocycles. The van der Waals surface area contributed by atoms with E-state index in [2.05, 4.69) is 4.99 Å². The van der Waals surface area contributed by atoms with Gasteiger partial charge in [-0.1, -0.05) is 23.5 Å². The van der Waals surface area contributed by atoms with Crippen molar-refractivity contribution in [1.82, 2.24) is 4.57 Å². The Labute approximate surface area is 164 Å². The first-order valence-corrected chi connectivity index (χ1v) is 9.57. The lowest BCUT2D eigenvalue weighted by atomic mass is 10.2. The van der Waals surface area contributed by atoms with Crippen molar-refractivity contribution in [3.63, 3.8) is 0 Å². The van der Waals surface area contributed by atoms with Gasteiger partial charge in [0.15, 0.2) is 16.3 Å². The molecule has 0 aliphatic carbocycles. The van der Waals surface area contributed by atoms with Gasteiger partial charge in [-0.3, -0.25) is 9.36 Å². The number of rotatable bonds is 3. The summed E-state index contributed by atoms with van der Waals surface area (Å²) in [5.41, 5.74) is 1.82. The van der Waals surface area contributed by atoms with E-state index in [1.54, 1.807) is 11.7 Å². The lowest BCUT2D eigenvalue weighted by Crippen LogP contribution is -2.42. The van der Waals surface area contributed by atoms with Gasteiger partial charge >= 0.3 is 0 Å². The maximum atomic E-state index is 12.9. The Morgan fingerprint density at radius 1 is 1.18 bits per heavy atom. The van der Waals surface area contributed by atoms with Crippen molar-refractivity contribution >= 4 is 23.1 Å². The Morgan fingerprint density at radius 3 is 2.96 bits per heavy atom. The fraction of sp³-hybridized carbons (Fsp3) is 0.200. The molecule has 0 fully saturated rings. The van der Waals surface area contributed by atoms with Crippen molar-refractivity contribution in [2.75, 3.05) is 25.5 Å². The van der Waals surface area contributed by atoms with E-state index in [0.29, 0.717) is 23.6 Å². The van der Waals surface area contributed by atoms with Crippen LogP contribution >= 0.6 is 11.3 Å². The molecular formula is C20H17N3O4S. The first-order chi connectivity index (χ1) is 13.7. The number of benzene rings is 2. The average Bonchev–Trinajstić information content (AvgIpc) is 3.32. The van der Waals surface area contributed by atoms with Crippen molar-refractivity contribution in [2.24, 2.45) is 4.99 Å². The molecule has 0 radical (unpaired) electrons. The molecule has 0 unspecified atom stereocenters. The van der Waals surface area contributed by atoms with Crippen LogP contribution in [-0.2, 0) is 6.67 Å². The van der Waals surface area contributed by atoms with E-state index in [4.69, 9.17) is 14.2 Å². The molecule has 8 heteroatoms. The molecule has 0 atom stereocenters. The molecule has 2 aromatic carbocycles. The van der Waals surface area contributed by atoms with Gasteiger partial charge in [0.2, 0.25) is 6.79 Å². The lowest BCUT2D eigenvalue weighted by Gasteiger charge is -2.25. The highest BCUT2D eigenvalue weighted by atomic mass is 32.1. The summed E-state index contributed by atoms with van der Waals surface area (Å²) in [5, 5.41) is 0. The summed E-state index contributed by atoms with van der Waals surface area (Å²) in [6, 6.07) is 13.4. The van der Waals surface area contributed by atoms with Crippen LogP contribution in [0.4, 0.5) is 5.69 Å². The highest BCUT2D eigenvalue weighted by molar-refractivity contribution is 7.07. The van der Waals surface area contributed by atoms with Crippen LogP contribution in [0.15, 0.2) is 52.3 Å². The van der Waals surface area contributed by atoms with Gasteiger partial charge in [0, 0.05) is 11.8 Å². The molecule has 0 amide bonds. The van der Waals surface area contributed by atoms with Crippen LogP contribution in [0.3, 0.4) is 0 Å². The van der Waals surface area contributed by atoms with Gasteiger partial charge in [0.1, 0.15) is 19.1 Å². The van der Waals surface area contributed by atoms with Crippen molar-refractivity contribution in [2.45, 2.75) is 6.67 Å². The predicted octanol–water partition coefficient (Wildman–Crippen LogP) is 1.53. The predicted molar refractivity (Wildman–Crippen MR) is 106 cm³/mol. The topological polar surface area (TPSA) is 65.3 Å². The van der Waals surface area contributed by atoms with Crippen LogP contribution in [0.1, 0.15) is 5.56 Å². The molecule has 0 saturated heterocycles. The van der Waals surface area contributed by atoms with Crippen molar-refractivity contribution in [3.05, 3.63) is 67.7 Å². The van der Waals surface area contributed by atoms with E-state index < -0.39 is 0 Å². The van der Waals surface area contributed by atoms with Crippen LogP contribution in [0, 0.1) is 0 Å². The van der Waals surface area contributed by atoms with E-state index in [-0.39, 0.29) is 12.4 Å². The normalized spacial score (nSPS) is 15.3. The molecule has 142 valence electrons. The molecule has 0 spiro atoms. The van der Waals surface area contributed by atoms with Gasteiger partial charge < -0.3 is 19.1 Å². The van der Waals surface area contributed by atoms with E-state index in [1.165, 1.54) is 11.3 Å². The molecule has 1 aromatic heterocycles. The van der Waals surface area contributed by atoms with Gasteiger partial charge in [-0.15, -0.1) is 0 Å². The standard InChI is InChI=1S/C20H17N3O4S/c1-25-15-4-2-3-13(7-15)8-18-19(24)23-11-22(10-21-20(23)28-18)14-5-6-16-17(9-14)27-12-26-16/h2-9H,10-12H2,1H3. The minimum atomic E-state index is -0.0444. The summed E-state index contributed by atoms with van der Waals surface area (Å²) in [5.74, 6) is 2.21. The number of hydrogen-bond acceptors (Lipinski definition) is 7. The maximum absolute atomic E-state index is 12.9. The zero-order valence-corrected chi connectivity index (χ0v) is 15.9. The fourth-order valence-electron chi connectivity index (χ4n) is 3.24. The van der Waals surface area contributed by atoms with Crippen LogP contribution in [0.2, 0.25) is 0 Å². The molecule has 2 aliphatic heterocycles. The summed E-state index contributed by atoms with van der Waals surface area (Å²) in [6.07, 6.45) is 1.88. The Kier molecular flexibility index (Phi) is 4.05. The third-order valence-electron chi connectivity index (χ3n) is 4.69. The van der Waals surface area contributed by atoms with Crippen molar-refractivity contribution in [3.8, 4) is 17.2 Å². The van der Waals surface area contributed by atoms with E-state index in [9.17, 15) is 4.79 Å². The minimum Gasteiger partial charge on any atom is -0.497 e. The molecule has 3 heterocycles. The highest BCUT2D eigenvalue weighted by Crippen LogP contribution is 2.35. The third kappa shape index (κ3) is 2.91. The number of hydrogen-bond donors (Lipinski definition) is 0. The molecule has 0 N–H and O–H groups in total. The molecule has 3 aromatic rings. The van der Waals surface area contributed by atoms with Crippen LogP contribution in [-0.4, -0.2) is 25.1 Å². The van der Waals surface area contributed by atoms with Gasteiger partial charge in [-0.2, -0.15) is 0 Å². The van der Waals surface area contributed by atoms with Gasteiger partial charge in [0.25, 0.3) is 5.56 Å². The van der Waals surface area contributed by atoms with Crippen LogP contribution in [0.25, 0.3) is 6.08 Å². The number of nitrogens with zero attached hydrogens (tertiary/aromatic N) is 3. The number of methoxy groups -OCH3 is 1. The number of aromatic nitrogens is 1. The number of fused-ring (bicyclic) bond motifs is 2. The quantitative estimate of drug-likeness (QED) is 0.673. The zero-order chi connectivity index (χ0) is 19.1. The summed E-state index contributed by atoms with van der Waals surface area (Å²) >= 11 is 1.40. The molecular weight excluding hydrogens is 378 g/mol. The Hall–Kier alpha value is -3.26. The van der Waals surface area contributed by atoms with Crippen molar-refractivity contribution < 1.29 is 14.2 Å². The smallest absolute Gasteiger partial charge is 0.271 e. The summed E-state index contributed by atoms with van der Waals surface area (Å²) in [6.45, 7) is 1.17. The van der Waals surface area contributed by atoms with Gasteiger partial charge in [-0.05, 0) is 35.9 Å². The number of anilines is 1. The largest absolute Gasteiger partial charge is 0.497 e. The monoisotopic (exact) mass is 395 g/mol. The van der Waals surface area contributed by atoms with Crippen LogP contribution in [0.5, 0.6) is 17.2 Å². The molecule has 2 aliphatic rings. The number of thiazole rings is 1. The van der Waals surface area contributed by atoms with E-state index >= 15 is 0 Å². The Bertz CT molecular complexity index is 1230. The molecule has 7 nitrogen and oxygen atoms in total. The first-order valence-electron chi connectivity index (χ1n) is 8.76. The fourth-order valence-corrected chi connectivity index (χ4v) is 4.20. The zero-order valence-electron chi connectivity index (χ0n) is 15.1. The first kappa shape index (κ1) is 16.9. The summed E-state index contributed by atoms with van der Waals surface area (Å²) in [7, 11) is 1.63. The molecule has 0 bridgehead atoms. The van der Waals surface area contributed by atoms with E-state index in [1.807, 2.05) is 53.4 Å². The van der Waals surface area contributed by atoms with Gasteiger partial charge in [0.05, 0.1) is 11.6 Å². The highest BCUT2D eigenvalue weighted by Gasteiger charge is 2.19. The Morgan fingerprint density at radius 2 is 2.07 bits per heavy atom. The summed E-state index contributed by atoms with van der Waals surface area (Å²) in [4.78, 5) is 20.3. The molecule has 28 heavy (non-hydrogen) atoms. The second-order valence-corrected chi connectivity index (χ2v) is 7.43. The molecule has 5 rings (SSSR count). The lowest BCUT2D eigenvalue weighted by molar-refractivity contribution is 0.174. The second-order valence-electron chi connectivity index (χ2n) is 6.42. The minimum absolute atomic E-state index is 0.0444. The Balaban J connectivity index is 1.49. The maximum Gasteiger partial charge on any atom is 0.271 e. The second kappa shape index (κ2) is 6.72. The average molecular weight is 395 g/mol. The van der Waals surface area contributed by atoms with Gasteiger partial charge in [-0.25, -0.2) is 4.99 Å². The number of ether oxygens (including phenoxy) is 3. The van der Waals surface area contributed by atoms with Crippen LogP contribution < -0.4 is 34.0 Å².